The van der Waals surface area contributed by atoms with Crippen molar-refractivity contribution in [2.24, 2.45) is 11.8 Å². The molecule has 1 aliphatic carbocycles. The molecule has 1 aromatic rings. The van der Waals surface area contributed by atoms with Gasteiger partial charge >= 0.3 is 5.97 Å². The maximum Gasteiger partial charge on any atom is 0.331 e. The molecule has 0 spiro atoms. The fourth-order valence-electron chi connectivity index (χ4n) is 3.33. The maximum atomic E-state index is 12.6. The molecule has 3 unspecified atom stereocenters. The van der Waals surface area contributed by atoms with Crippen LogP contribution in [-0.4, -0.2) is 24.5 Å². The van der Waals surface area contributed by atoms with E-state index in [0.717, 1.165) is 6.42 Å². The zero-order valence-electron chi connectivity index (χ0n) is 14.2. The molecule has 1 saturated carbocycles. The Labute approximate surface area is 152 Å². The highest BCUT2D eigenvalue weighted by atomic mass is 35.5. The number of amides is 1. The number of nitrogens with one attached hydrogen (secondary N) is 1. The molecule has 0 aromatic heterocycles. The van der Waals surface area contributed by atoms with Crippen molar-refractivity contribution in [3.8, 4) is 0 Å². The van der Waals surface area contributed by atoms with E-state index >= 15 is 0 Å². The van der Waals surface area contributed by atoms with Gasteiger partial charge in [-0.1, -0.05) is 43.1 Å². The van der Waals surface area contributed by atoms with Crippen molar-refractivity contribution in [2.75, 3.05) is 7.11 Å². The smallest absolute Gasteiger partial charge is 0.331 e. The van der Waals surface area contributed by atoms with E-state index < -0.39 is 5.54 Å². The van der Waals surface area contributed by atoms with Gasteiger partial charge in [-0.05, 0) is 48.8 Å². The van der Waals surface area contributed by atoms with Crippen LogP contribution in [0.2, 0.25) is 10.0 Å². The summed E-state index contributed by atoms with van der Waals surface area (Å²) in [6, 6.07) is 5.11. The molecule has 0 heterocycles. The van der Waals surface area contributed by atoms with Gasteiger partial charge in [0.15, 0.2) is 0 Å². The van der Waals surface area contributed by atoms with Crippen LogP contribution < -0.4 is 5.32 Å². The lowest BCUT2D eigenvalue weighted by molar-refractivity contribution is -0.154. The number of hydrogen-bond acceptors (Lipinski definition) is 3. The number of rotatable bonds is 4. The molecule has 1 N–H and O–H groups in total. The standard InChI is InChI=1S/C18H23Cl2NO3/c1-11-7-8-18(10-12(11)2,17(23)24-3)21-16(22)9-13-14(19)5-4-6-15(13)20/h4-6,11-12H,7-10H2,1-3H3,(H,21,22). The fourth-order valence-corrected chi connectivity index (χ4v) is 3.86. The Morgan fingerprint density at radius 2 is 1.88 bits per heavy atom. The molecule has 0 radical (unpaired) electrons. The van der Waals surface area contributed by atoms with Crippen molar-refractivity contribution >= 4 is 35.1 Å². The number of carbonyl (C=O) groups is 2. The maximum absolute atomic E-state index is 12.6. The zero-order valence-corrected chi connectivity index (χ0v) is 15.7. The molecule has 3 atom stereocenters. The summed E-state index contributed by atoms with van der Waals surface area (Å²) in [7, 11) is 1.35. The van der Waals surface area contributed by atoms with Gasteiger partial charge < -0.3 is 10.1 Å². The minimum absolute atomic E-state index is 0.0290. The van der Waals surface area contributed by atoms with Crippen molar-refractivity contribution in [3.63, 3.8) is 0 Å². The van der Waals surface area contributed by atoms with Crippen LogP contribution in [0, 0.1) is 11.8 Å². The first-order valence-electron chi connectivity index (χ1n) is 8.11. The summed E-state index contributed by atoms with van der Waals surface area (Å²) in [6.45, 7) is 4.26. The lowest BCUT2D eigenvalue weighted by Crippen LogP contribution is -2.58. The van der Waals surface area contributed by atoms with Gasteiger partial charge in [0, 0.05) is 10.0 Å². The Bertz CT molecular complexity index is 614. The van der Waals surface area contributed by atoms with Crippen LogP contribution in [0.3, 0.4) is 0 Å². The summed E-state index contributed by atoms with van der Waals surface area (Å²) in [5, 5.41) is 3.79. The molecule has 132 valence electrons. The van der Waals surface area contributed by atoms with Crippen molar-refractivity contribution in [2.45, 2.75) is 45.1 Å². The Morgan fingerprint density at radius 1 is 1.25 bits per heavy atom. The van der Waals surface area contributed by atoms with Crippen molar-refractivity contribution in [1.29, 1.82) is 0 Å². The Morgan fingerprint density at radius 3 is 2.42 bits per heavy atom. The highest BCUT2D eigenvalue weighted by Gasteiger charge is 2.45. The third-order valence-electron chi connectivity index (χ3n) is 5.02. The van der Waals surface area contributed by atoms with Gasteiger partial charge in [-0.3, -0.25) is 4.79 Å². The molecule has 6 heteroatoms. The van der Waals surface area contributed by atoms with Crippen LogP contribution in [0.4, 0.5) is 0 Å². The molecule has 24 heavy (non-hydrogen) atoms. The molecule has 1 aromatic carbocycles. The summed E-state index contributed by atoms with van der Waals surface area (Å²) in [6.07, 6.45) is 2.04. The number of ether oxygens (including phenoxy) is 1. The second kappa shape index (κ2) is 7.75. The first-order valence-corrected chi connectivity index (χ1v) is 8.87. The molecular weight excluding hydrogens is 349 g/mol. The van der Waals surface area contributed by atoms with E-state index in [2.05, 4.69) is 19.2 Å². The number of halogens is 2. The summed E-state index contributed by atoms with van der Waals surface area (Å²) >= 11 is 12.3. The quantitative estimate of drug-likeness (QED) is 0.813. The normalized spacial score (nSPS) is 26.7. The van der Waals surface area contributed by atoms with E-state index in [4.69, 9.17) is 27.9 Å². The SMILES string of the molecule is COC(=O)C1(NC(=O)Cc2c(Cl)cccc2Cl)CCC(C)C(C)C1. The summed E-state index contributed by atoms with van der Waals surface area (Å²) in [5.41, 5.74) is -0.401. The zero-order chi connectivity index (χ0) is 17.9. The van der Waals surface area contributed by atoms with Crippen LogP contribution in [0.15, 0.2) is 18.2 Å². The number of benzene rings is 1. The van der Waals surface area contributed by atoms with Crippen LogP contribution >= 0.6 is 23.2 Å². The van der Waals surface area contributed by atoms with Crippen molar-refractivity contribution in [3.05, 3.63) is 33.8 Å². The van der Waals surface area contributed by atoms with Gasteiger partial charge in [0.05, 0.1) is 13.5 Å². The third-order valence-corrected chi connectivity index (χ3v) is 5.73. The van der Waals surface area contributed by atoms with Crippen molar-refractivity contribution in [1.82, 2.24) is 5.32 Å². The van der Waals surface area contributed by atoms with E-state index in [0.29, 0.717) is 40.3 Å². The lowest BCUT2D eigenvalue weighted by atomic mass is 9.71. The average molecular weight is 372 g/mol. The van der Waals surface area contributed by atoms with E-state index in [1.165, 1.54) is 7.11 Å². The van der Waals surface area contributed by atoms with E-state index in [-0.39, 0.29) is 18.3 Å². The summed E-state index contributed by atoms with van der Waals surface area (Å²) in [4.78, 5) is 24.9. The monoisotopic (exact) mass is 371 g/mol. The average Bonchev–Trinajstić information content (AvgIpc) is 2.54. The molecule has 0 aliphatic heterocycles. The molecule has 1 aliphatic rings. The summed E-state index contributed by atoms with van der Waals surface area (Å²) in [5.74, 6) is 0.164. The number of methoxy groups -OCH3 is 1. The second-order valence-corrected chi connectivity index (χ2v) is 7.51. The van der Waals surface area contributed by atoms with Gasteiger partial charge in [-0.2, -0.15) is 0 Å². The molecule has 1 fully saturated rings. The predicted molar refractivity (Wildman–Crippen MR) is 95.2 cm³/mol. The van der Waals surface area contributed by atoms with Gasteiger partial charge in [-0.15, -0.1) is 0 Å². The summed E-state index contributed by atoms with van der Waals surface area (Å²) < 4.78 is 4.97. The fraction of sp³-hybridized carbons (Fsp3) is 0.556. The molecular formula is C18H23Cl2NO3. The topological polar surface area (TPSA) is 55.4 Å². The highest BCUT2D eigenvalue weighted by molar-refractivity contribution is 6.36. The molecule has 4 nitrogen and oxygen atoms in total. The lowest BCUT2D eigenvalue weighted by Gasteiger charge is -2.41. The van der Waals surface area contributed by atoms with Gasteiger partial charge in [0.25, 0.3) is 0 Å². The minimum Gasteiger partial charge on any atom is -0.467 e. The number of hydrogen-bond donors (Lipinski definition) is 1. The molecule has 1 amide bonds. The van der Waals surface area contributed by atoms with E-state index in [9.17, 15) is 9.59 Å². The first kappa shape index (κ1) is 19.1. The highest BCUT2D eigenvalue weighted by Crippen LogP contribution is 2.37. The molecule has 2 rings (SSSR count). The largest absolute Gasteiger partial charge is 0.467 e. The Balaban J connectivity index is 2.18. The number of carbonyl (C=O) groups excluding carboxylic acids is 2. The van der Waals surface area contributed by atoms with Crippen molar-refractivity contribution < 1.29 is 14.3 Å². The van der Waals surface area contributed by atoms with E-state index in [1.54, 1.807) is 18.2 Å². The first-order chi connectivity index (χ1) is 11.3. The van der Waals surface area contributed by atoms with Crippen LogP contribution in [0.25, 0.3) is 0 Å². The Kier molecular flexibility index (Phi) is 6.16. The molecule has 0 saturated heterocycles. The van der Waals surface area contributed by atoms with Crippen LogP contribution in [0.1, 0.15) is 38.7 Å². The predicted octanol–water partition coefficient (Wildman–Crippen LogP) is 4.02. The second-order valence-electron chi connectivity index (χ2n) is 6.70. The third kappa shape index (κ3) is 4.04. The Hall–Kier alpha value is -1.26. The van der Waals surface area contributed by atoms with Gasteiger partial charge in [-0.25, -0.2) is 4.79 Å². The number of esters is 1. The van der Waals surface area contributed by atoms with Gasteiger partial charge in [0.1, 0.15) is 5.54 Å². The van der Waals surface area contributed by atoms with Crippen LogP contribution in [0.5, 0.6) is 0 Å². The minimum atomic E-state index is -0.967. The van der Waals surface area contributed by atoms with Gasteiger partial charge in [0.2, 0.25) is 5.91 Å². The molecule has 0 bridgehead atoms. The van der Waals surface area contributed by atoms with E-state index in [1.807, 2.05) is 0 Å². The van der Waals surface area contributed by atoms with Crippen LogP contribution in [-0.2, 0) is 20.7 Å².